The number of anilines is 2. The van der Waals surface area contributed by atoms with Gasteiger partial charge in [0.05, 0.1) is 11.4 Å². The molecule has 3 aromatic rings. The van der Waals surface area contributed by atoms with Gasteiger partial charge in [0.2, 0.25) is 0 Å². The fraction of sp³-hybridized carbons (Fsp3) is 0.261. The number of rotatable bonds is 6. The van der Waals surface area contributed by atoms with Crippen LogP contribution < -0.4 is 26.6 Å². The van der Waals surface area contributed by atoms with Gasteiger partial charge >= 0.3 is 0 Å². The van der Waals surface area contributed by atoms with Crippen molar-refractivity contribution in [1.29, 1.82) is 0 Å². The van der Waals surface area contributed by atoms with E-state index in [2.05, 4.69) is 75.9 Å². The van der Waals surface area contributed by atoms with Crippen molar-refractivity contribution >= 4 is 23.8 Å². The topological polar surface area (TPSA) is 73.4 Å². The average molecular weight is 387 g/mol. The first-order chi connectivity index (χ1) is 14.0. The van der Waals surface area contributed by atoms with Crippen LogP contribution in [0.25, 0.3) is 6.58 Å². The summed E-state index contributed by atoms with van der Waals surface area (Å²) < 4.78 is 0. The van der Waals surface area contributed by atoms with E-state index in [0.29, 0.717) is 23.2 Å². The molecule has 148 valence electrons. The number of aromatic amines is 1. The molecular weight excluding hydrogens is 362 g/mol. The molecule has 6 heteroatoms. The number of nitrogens with zero attached hydrogens (tertiary/aromatic N) is 3. The molecule has 2 N–H and O–H groups in total. The van der Waals surface area contributed by atoms with Crippen molar-refractivity contribution in [3.8, 4) is 0 Å². The van der Waals surface area contributed by atoms with Crippen molar-refractivity contribution in [3.63, 3.8) is 0 Å². The van der Waals surface area contributed by atoms with Crippen molar-refractivity contribution in [2.45, 2.75) is 20.3 Å². The van der Waals surface area contributed by atoms with Gasteiger partial charge in [-0.15, -0.1) is 0 Å². The molecule has 29 heavy (non-hydrogen) atoms. The molecule has 0 atom stereocenters. The largest absolute Gasteiger partial charge is 0.321 e. The molecule has 0 fully saturated rings. The summed E-state index contributed by atoms with van der Waals surface area (Å²) in [7, 11) is 0. The molecule has 2 aromatic carbocycles. The molecule has 2 heterocycles. The van der Waals surface area contributed by atoms with E-state index in [1.165, 1.54) is 11.1 Å². The number of benzene rings is 2. The highest BCUT2D eigenvalue weighted by Crippen LogP contribution is 2.36. The highest BCUT2D eigenvalue weighted by Gasteiger charge is 2.23. The van der Waals surface area contributed by atoms with Gasteiger partial charge in [-0.25, -0.2) is 9.98 Å². The lowest BCUT2D eigenvalue weighted by atomic mass is 10.1. The van der Waals surface area contributed by atoms with E-state index >= 15 is 0 Å². The van der Waals surface area contributed by atoms with Gasteiger partial charge in [-0.05, 0) is 55.6 Å². The fourth-order valence-corrected chi connectivity index (χ4v) is 3.54. The molecule has 1 aliphatic rings. The standard InChI is InChI=1S/C23H25N5O/c1-15-13-19-20(14-16(15)2)28(22-21(27-19)23(29)26-17(3)25-22)12-11-24-10-9-18-7-5-4-6-8-18/h4-8,13-14,24H,3,9-12H2,1-2H3,(H,26,29). The van der Waals surface area contributed by atoms with E-state index in [1.807, 2.05) is 12.1 Å². The van der Waals surface area contributed by atoms with Crippen molar-refractivity contribution in [3.05, 3.63) is 80.3 Å². The number of hydrogen-bond donors (Lipinski definition) is 2. The van der Waals surface area contributed by atoms with Crippen molar-refractivity contribution < 1.29 is 0 Å². The van der Waals surface area contributed by atoms with E-state index in [4.69, 9.17) is 0 Å². The minimum Gasteiger partial charge on any atom is -0.321 e. The SMILES string of the molecule is C=c1nc2c(c(=O)[nH]1)=Nc1cc(C)c(C)cc1N2CCNCCc1ccccc1. The minimum absolute atomic E-state index is 0.258. The molecule has 0 radical (unpaired) electrons. The van der Waals surface area contributed by atoms with Gasteiger partial charge in [0.1, 0.15) is 5.48 Å². The summed E-state index contributed by atoms with van der Waals surface area (Å²) in [4.78, 5) is 26.3. The van der Waals surface area contributed by atoms with Crippen LogP contribution in [0, 0.1) is 13.8 Å². The fourth-order valence-electron chi connectivity index (χ4n) is 3.54. The zero-order valence-electron chi connectivity index (χ0n) is 16.8. The van der Waals surface area contributed by atoms with Crippen LogP contribution in [0.2, 0.25) is 0 Å². The summed E-state index contributed by atoms with van der Waals surface area (Å²) in [5, 5.41) is 3.84. The van der Waals surface area contributed by atoms with Crippen molar-refractivity contribution in [1.82, 2.24) is 15.3 Å². The third kappa shape index (κ3) is 3.98. The highest BCUT2D eigenvalue weighted by molar-refractivity contribution is 5.77. The molecule has 4 rings (SSSR count). The Balaban J connectivity index is 1.58. The van der Waals surface area contributed by atoms with Crippen LogP contribution in [-0.4, -0.2) is 29.6 Å². The van der Waals surface area contributed by atoms with Crippen LogP contribution in [0.4, 0.5) is 17.2 Å². The lowest BCUT2D eigenvalue weighted by Crippen LogP contribution is -2.44. The van der Waals surface area contributed by atoms with Crippen molar-refractivity contribution in [2.24, 2.45) is 4.99 Å². The van der Waals surface area contributed by atoms with E-state index in [1.54, 1.807) is 0 Å². The number of aromatic nitrogens is 2. The second-order valence-electron chi connectivity index (χ2n) is 7.36. The van der Waals surface area contributed by atoms with Gasteiger partial charge in [-0.3, -0.25) is 4.79 Å². The van der Waals surface area contributed by atoms with E-state index < -0.39 is 0 Å². The first-order valence-corrected chi connectivity index (χ1v) is 9.84. The summed E-state index contributed by atoms with van der Waals surface area (Å²) in [6.07, 6.45) is 0.975. The summed E-state index contributed by atoms with van der Waals surface area (Å²) in [6.45, 7) is 10.3. The molecule has 0 saturated carbocycles. The van der Waals surface area contributed by atoms with Gasteiger partial charge in [0, 0.05) is 13.1 Å². The number of aryl methyl sites for hydroxylation is 2. The van der Waals surface area contributed by atoms with E-state index in [-0.39, 0.29) is 5.56 Å². The Morgan fingerprint density at radius 1 is 1.10 bits per heavy atom. The van der Waals surface area contributed by atoms with Crippen LogP contribution in [0.1, 0.15) is 16.7 Å². The smallest absolute Gasteiger partial charge is 0.279 e. The third-order valence-electron chi connectivity index (χ3n) is 5.24. The number of H-pyrrole nitrogens is 1. The molecular formula is C23H25N5O. The van der Waals surface area contributed by atoms with Gasteiger partial charge in [-0.2, -0.15) is 0 Å². The van der Waals surface area contributed by atoms with Crippen LogP contribution in [0.15, 0.2) is 52.3 Å². The third-order valence-corrected chi connectivity index (χ3v) is 5.24. The maximum atomic E-state index is 12.5. The Hall–Kier alpha value is -3.25. The van der Waals surface area contributed by atoms with E-state index in [0.717, 1.165) is 36.4 Å². The molecule has 1 aromatic heterocycles. The summed E-state index contributed by atoms with van der Waals surface area (Å²) in [5.41, 5.74) is 5.51. The molecule has 0 spiro atoms. The molecule has 6 nitrogen and oxygen atoms in total. The monoisotopic (exact) mass is 387 g/mol. The number of nitrogens with one attached hydrogen (secondary N) is 2. The Morgan fingerprint density at radius 2 is 1.86 bits per heavy atom. The van der Waals surface area contributed by atoms with Crippen LogP contribution >= 0.6 is 0 Å². The lowest BCUT2D eigenvalue weighted by Gasteiger charge is -2.28. The Kier molecular flexibility index (Phi) is 5.27. The summed E-state index contributed by atoms with van der Waals surface area (Å²) in [5.74, 6) is 0.569. The van der Waals surface area contributed by atoms with Crippen LogP contribution in [-0.2, 0) is 6.42 Å². The quantitative estimate of drug-likeness (QED) is 0.635. The Labute approximate surface area is 169 Å². The molecule has 0 saturated heterocycles. The zero-order chi connectivity index (χ0) is 20.4. The predicted molar refractivity (Wildman–Crippen MR) is 117 cm³/mol. The first-order valence-electron chi connectivity index (χ1n) is 9.84. The molecule has 1 aliphatic heterocycles. The maximum Gasteiger partial charge on any atom is 0.279 e. The molecule has 0 bridgehead atoms. The van der Waals surface area contributed by atoms with E-state index in [9.17, 15) is 4.79 Å². The van der Waals surface area contributed by atoms with Gasteiger partial charge in [0.25, 0.3) is 5.56 Å². The molecule has 0 amide bonds. The second-order valence-corrected chi connectivity index (χ2v) is 7.36. The average Bonchev–Trinajstić information content (AvgIpc) is 2.70. The van der Waals surface area contributed by atoms with Crippen LogP contribution in [0.5, 0.6) is 0 Å². The Morgan fingerprint density at radius 3 is 2.66 bits per heavy atom. The predicted octanol–water partition coefficient (Wildman–Crippen LogP) is 2.03. The first kappa shape index (κ1) is 19.1. The summed E-state index contributed by atoms with van der Waals surface area (Å²) >= 11 is 0. The second kappa shape index (κ2) is 8.01. The normalized spacial score (nSPS) is 12.3. The number of fused-ring (bicyclic) bond motifs is 2. The van der Waals surface area contributed by atoms with Gasteiger partial charge in [0.15, 0.2) is 11.2 Å². The van der Waals surface area contributed by atoms with Gasteiger partial charge in [-0.1, -0.05) is 36.9 Å². The molecule has 0 unspecified atom stereocenters. The number of hydrogen-bond acceptors (Lipinski definition) is 5. The molecule has 0 aliphatic carbocycles. The maximum absolute atomic E-state index is 12.5. The highest BCUT2D eigenvalue weighted by atomic mass is 16.1. The van der Waals surface area contributed by atoms with Crippen molar-refractivity contribution in [2.75, 3.05) is 24.5 Å². The minimum atomic E-state index is -0.258. The zero-order valence-corrected chi connectivity index (χ0v) is 16.8. The lowest BCUT2D eigenvalue weighted by molar-refractivity contribution is 0.677. The van der Waals surface area contributed by atoms with Gasteiger partial charge < -0.3 is 15.2 Å². The van der Waals surface area contributed by atoms with Crippen LogP contribution in [0.3, 0.4) is 0 Å². The Bertz CT molecular complexity index is 1200. The summed E-state index contributed by atoms with van der Waals surface area (Å²) in [6, 6.07) is 14.6.